The van der Waals surface area contributed by atoms with Crippen molar-refractivity contribution in [3.05, 3.63) is 23.3 Å². The Labute approximate surface area is 87.3 Å². The number of Topliss-reactive ketones (excluding diaryl/α,β-unsaturated/α-hetero) is 1. The summed E-state index contributed by atoms with van der Waals surface area (Å²) >= 11 is 0. The molecule has 0 atom stereocenters. The van der Waals surface area contributed by atoms with Gasteiger partial charge < -0.3 is 4.90 Å². The van der Waals surface area contributed by atoms with Crippen molar-refractivity contribution in [2.45, 2.75) is 27.2 Å². The first-order valence-corrected chi connectivity index (χ1v) is 4.99. The van der Waals surface area contributed by atoms with Gasteiger partial charge in [-0.15, -0.1) is 0 Å². The summed E-state index contributed by atoms with van der Waals surface area (Å²) < 4.78 is 0. The van der Waals surface area contributed by atoms with Gasteiger partial charge in [-0.05, 0) is 39.9 Å². The third-order valence-corrected chi connectivity index (χ3v) is 1.97. The summed E-state index contributed by atoms with van der Waals surface area (Å²) in [6, 6.07) is 0. The molecule has 0 rings (SSSR count). The fraction of sp³-hybridized carbons (Fsp3) is 0.583. The van der Waals surface area contributed by atoms with Gasteiger partial charge in [-0.3, -0.25) is 4.79 Å². The van der Waals surface area contributed by atoms with E-state index in [2.05, 4.69) is 11.8 Å². The number of ketones is 1. The van der Waals surface area contributed by atoms with Gasteiger partial charge in [0, 0.05) is 6.54 Å². The predicted octanol–water partition coefficient (Wildman–Crippen LogP) is 2.42. The molecule has 0 aromatic carbocycles. The lowest BCUT2D eigenvalue weighted by molar-refractivity contribution is -0.113. The molecule has 0 heterocycles. The van der Waals surface area contributed by atoms with Crippen LogP contribution in [-0.2, 0) is 4.79 Å². The Hall–Kier alpha value is -0.890. The summed E-state index contributed by atoms with van der Waals surface area (Å²) in [5.41, 5.74) is 2.16. The van der Waals surface area contributed by atoms with E-state index in [0.717, 1.165) is 18.5 Å². The summed E-state index contributed by atoms with van der Waals surface area (Å²) in [6.45, 7) is 6.63. The smallest absolute Gasteiger partial charge is 0.155 e. The Balaban J connectivity index is 4.42. The van der Waals surface area contributed by atoms with Crippen LogP contribution in [0.25, 0.3) is 0 Å². The molecule has 0 unspecified atom stereocenters. The molecule has 0 saturated carbocycles. The van der Waals surface area contributed by atoms with Gasteiger partial charge in [0.05, 0.1) is 0 Å². The third kappa shape index (κ3) is 5.70. The number of carbonyl (C=O) groups is 1. The number of rotatable bonds is 5. The Kier molecular flexibility index (Phi) is 6.13. The second kappa shape index (κ2) is 6.55. The fourth-order valence-corrected chi connectivity index (χ4v) is 1.28. The van der Waals surface area contributed by atoms with Crippen LogP contribution in [0.1, 0.15) is 27.2 Å². The van der Waals surface area contributed by atoms with Crippen molar-refractivity contribution in [3.8, 4) is 0 Å². The summed E-state index contributed by atoms with van der Waals surface area (Å²) in [7, 11) is 4.07. The van der Waals surface area contributed by atoms with E-state index in [4.69, 9.17) is 0 Å². The first-order valence-electron chi connectivity index (χ1n) is 4.99. The average molecular weight is 195 g/mol. The second-order valence-corrected chi connectivity index (χ2v) is 3.85. The number of hydrogen-bond donors (Lipinski definition) is 0. The van der Waals surface area contributed by atoms with Crippen LogP contribution in [0.4, 0.5) is 0 Å². The molecule has 0 spiro atoms. The summed E-state index contributed by atoms with van der Waals surface area (Å²) in [5, 5.41) is 0. The normalized spacial score (nSPS) is 13.6. The number of allylic oxidation sites excluding steroid dienone is 3. The van der Waals surface area contributed by atoms with E-state index in [1.807, 2.05) is 33.2 Å². The lowest BCUT2D eigenvalue weighted by atomic mass is 10.1. The Morgan fingerprint density at radius 2 is 1.79 bits per heavy atom. The van der Waals surface area contributed by atoms with Crippen molar-refractivity contribution >= 4 is 5.78 Å². The van der Waals surface area contributed by atoms with Crippen LogP contribution < -0.4 is 0 Å². The molecule has 0 aliphatic carbocycles. The van der Waals surface area contributed by atoms with Crippen molar-refractivity contribution in [2.75, 3.05) is 20.6 Å². The van der Waals surface area contributed by atoms with Crippen molar-refractivity contribution in [3.63, 3.8) is 0 Å². The van der Waals surface area contributed by atoms with Gasteiger partial charge in [-0.25, -0.2) is 0 Å². The highest BCUT2D eigenvalue weighted by Crippen LogP contribution is 2.04. The van der Waals surface area contributed by atoms with Gasteiger partial charge in [-0.2, -0.15) is 0 Å². The molecule has 0 radical (unpaired) electrons. The molecule has 80 valence electrons. The number of likely N-dealkylation sites (N-methyl/N-ethyl adjacent to an activating group) is 1. The van der Waals surface area contributed by atoms with Crippen LogP contribution in [0.2, 0.25) is 0 Å². The van der Waals surface area contributed by atoms with Crippen LogP contribution in [0.15, 0.2) is 23.3 Å². The highest BCUT2D eigenvalue weighted by molar-refractivity contribution is 5.93. The Morgan fingerprint density at radius 1 is 1.21 bits per heavy atom. The molecule has 0 bridgehead atoms. The van der Waals surface area contributed by atoms with E-state index < -0.39 is 0 Å². The molecule has 0 aliphatic rings. The molecule has 0 amide bonds. The van der Waals surface area contributed by atoms with E-state index in [9.17, 15) is 4.79 Å². The number of hydrogen-bond acceptors (Lipinski definition) is 2. The topological polar surface area (TPSA) is 20.3 Å². The molecule has 2 nitrogen and oxygen atoms in total. The number of nitrogens with zero attached hydrogens (tertiary/aromatic N) is 1. The maximum absolute atomic E-state index is 11.1. The Bertz CT molecular complexity index is 249. The van der Waals surface area contributed by atoms with Crippen molar-refractivity contribution in [1.29, 1.82) is 0 Å². The average Bonchev–Trinajstić information content (AvgIpc) is 2.03. The van der Waals surface area contributed by atoms with Gasteiger partial charge in [0.2, 0.25) is 0 Å². The quantitative estimate of drug-likeness (QED) is 0.496. The molecular formula is C12H21NO. The molecule has 2 heteroatoms. The minimum atomic E-state index is 0.168. The van der Waals surface area contributed by atoms with E-state index in [0.29, 0.717) is 0 Å². The third-order valence-electron chi connectivity index (χ3n) is 1.97. The summed E-state index contributed by atoms with van der Waals surface area (Å²) in [4.78, 5) is 13.2. The highest BCUT2D eigenvalue weighted by Gasteiger charge is 1.98. The van der Waals surface area contributed by atoms with Gasteiger partial charge in [0.15, 0.2) is 5.78 Å². The van der Waals surface area contributed by atoms with Crippen LogP contribution in [-0.4, -0.2) is 31.3 Å². The van der Waals surface area contributed by atoms with Crippen molar-refractivity contribution < 1.29 is 4.79 Å². The largest absolute Gasteiger partial charge is 0.305 e. The van der Waals surface area contributed by atoms with Crippen LogP contribution in [0, 0.1) is 0 Å². The zero-order valence-electron chi connectivity index (χ0n) is 9.92. The number of carbonyl (C=O) groups excluding carboxylic acids is 1. The lowest BCUT2D eigenvalue weighted by Crippen LogP contribution is -2.13. The molecule has 0 fully saturated rings. The SMILES string of the molecule is CC/C(=C\C=C(/C)CN(C)C)C(C)=O. The van der Waals surface area contributed by atoms with E-state index in [1.165, 1.54) is 5.57 Å². The molecule has 0 aromatic rings. The molecule has 14 heavy (non-hydrogen) atoms. The van der Waals surface area contributed by atoms with E-state index >= 15 is 0 Å². The van der Waals surface area contributed by atoms with Crippen molar-refractivity contribution in [2.24, 2.45) is 0 Å². The van der Waals surface area contributed by atoms with Gasteiger partial charge in [-0.1, -0.05) is 24.6 Å². The van der Waals surface area contributed by atoms with Crippen molar-refractivity contribution in [1.82, 2.24) is 4.90 Å². The van der Waals surface area contributed by atoms with Gasteiger partial charge >= 0.3 is 0 Å². The minimum Gasteiger partial charge on any atom is -0.305 e. The Morgan fingerprint density at radius 3 is 2.14 bits per heavy atom. The molecule has 0 aromatic heterocycles. The second-order valence-electron chi connectivity index (χ2n) is 3.85. The van der Waals surface area contributed by atoms with E-state index in [1.54, 1.807) is 6.92 Å². The van der Waals surface area contributed by atoms with Crippen LogP contribution in [0.5, 0.6) is 0 Å². The van der Waals surface area contributed by atoms with E-state index in [-0.39, 0.29) is 5.78 Å². The zero-order chi connectivity index (χ0) is 11.1. The molecule has 0 saturated heterocycles. The van der Waals surface area contributed by atoms with Crippen LogP contribution in [0.3, 0.4) is 0 Å². The first kappa shape index (κ1) is 13.1. The maximum atomic E-state index is 11.1. The predicted molar refractivity (Wildman–Crippen MR) is 61.4 cm³/mol. The fourth-order valence-electron chi connectivity index (χ4n) is 1.28. The highest BCUT2D eigenvalue weighted by atomic mass is 16.1. The monoisotopic (exact) mass is 195 g/mol. The molecular weight excluding hydrogens is 174 g/mol. The maximum Gasteiger partial charge on any atom is 0.155 e. The van der Waals surface area contributed by atoms with Crippen LogP contribution >= 0.6 is 0 Å². The first-order chi connectivity index (χ1) is 6.47. The minimum absolute atomic E-state index is 0.168. The zero-order valence-corrected chi connectivity index (χ0v) is 9.92. The standard InChI is InChI=1S/C12H21NO/c1-6-12(11(3)14)8-7-10(2)9-13(4)5/h7-8H,6,9H2,1-5H3/b10-7+,12-8+. The van der Waals surface area contributed by atoms with Gasteiger partial charge in [0.1, 0.15) is 0 Å². The molecule has 0 aliphatic heterocycles. The summed E-state index contributed by atoms with van der Waals surface area (Å²) in [6.07, 6.45) is 4.77. The van der Waals surface area contributed by atoms with Gasteiger partial charge in [0.25, 0.3) is 0 Å². The summed E-state index contributed by atoms with van der Waals surface area (Å²) in [5.74, 6) is 0.168. The molecule has 0 N–H and O–H groups in total. The lowest BCUT2D eigenvalue weighted by Gasteiger charge is -2.08.